The van der Waals surface area contributed by atoms with E-state index in [0.717, 1.165) is 17.7 Å². The van der Waals surface area contributed by atoms with E-state index in [1.807, 2.05) is 31.2 Å². The predicted molar refractivity (Wildman–Crippen MR) is 111 cm³/mol. The van der Waals surface area contributed by atoms with Gasteiger partial charge in [-0.1, -0.05) is 39.0 Å². The Balaban J connectivity index is 2.06. The quantitative estimate of drug-likeness (QED) is 0.693. The molecule has 0 aliphatic rings. The molecule has 0 atom stereocenters. The summed E-state index contributed by atoms with van der Waals surface area (Å²) in [6, 6.07) is 12.3. The van der Waals surface area contributed by atoms with Crippen molar-refractivity contribution in [3.8, 4) is 5.75 Å². The van der Waals surface area contributed by atoms with Crippen molar-refractivity contribution in [2.45, 2.75) is 39.0 Å². The van der Waals surface area contributed by atoms with Crippen molar-refractivity contribution < 1.29 is 17.9 Å². The first-order valence-corrected chi connectivity index (χ1v) is 10.9. The summed E-state index contributed by atoms with van der Waals surface area (Å²) in [5, 5.41) is 2.85. The summed E-state index contributed by atoms with van der Waals surface area (Å²) in [6.45, 7) is 8.08. The third-order valence-electron chi connectivity index (χ3n) is 4.52. The van der Waals surface area contributed by atoms with Crippen LogP contribution in [0.1, 0.15) is 31.9 Å². The zero-order valence-corrected chi connectivity index (χ0v) is 17.7. The summed E-state index contributed by atoms with van der Waals surface area (Å²) in [5.41, 5.74) is 2.49. The lowest BCUT2D eigenvalue weighted by atomic mass is 10.1. The van der Waals surface area contributed by atoms with E-state index in [9.17, 15) is 13.2 Å². The van der Waals surface area contributed by atoms with Gasteiger partial charge in [-0.3, -0.25) is 4.79 Å². The number of nitrogens with zero attached hydrogens (tertiary/aromatic N) is 1. The maximum absolute atomic E-state index is 12.6. The lowest BCUT2D eigenvalue weighted by Crippen LogP contribution is -2.30. The third kappa shape index (κ3) is 5.11. The molecule has 2 aromatic carbocycles. The number of para-hydroxylation sites is 1. The molecule has 0 aliphatic heterocycles. The van der Waals surface area contributed by atoms with E-state index in [-0.39, 0.29) is 17.4 Å². The van der Waals surface area contributed by atoms with E-state index in [4.69, 9.17) is 4.74 Å². The standard InChI is InChI=1S/C21H28N2O4S/c1-5-17-10-8-9-11-19(17)22-21(24)15-27-20-13-12-18(14-16(20)4)28(25,26)23(6-2)7-3/h8-14H,5-7,15H2,1-4H3,(H,22,24). The average molecular weight is 405 g/mol. The average Bonchev–Trinajstić information content (AvgIpc) is 2.68. The second-order valence-electron chi connectivity index (χ2n) is 6.36. The number of hydrogen-bond donors (Lipinski definition) is 1. The van der Waals surface area contributed by atoms with Crippen LogP contribution in [0.3, 0.4) is 0 Å². The van der Waals surface area contributed by atoms with Crippen molar-refractivity contribution in [2.75, 3.05) is 25.0 Å². The number of carbonyl (C=O) groups is 1. The Labute approximate surface area is 167 Å². The monoisotopic (exact) mass is 404 g/mol. The van der Waals surface area contributed by atoms with Gasteiger partial charge in [-0.25, -0.2) is 8.42 Å². The molecule has 152 valence electrons. The molecular weight excluding hydrogens is 376 g/mol. The fraction of sp³-hybridized carbons (Fsp3) is 0.381. The first kappa shape index (κ1) is 21.9. The number of sulfonamides is 1. The number of aryl methyl sites for hydroxylation is 2. The Morgan fingerprint density at radius 2 is 1.75 bits per heavy atom. The van der Waals surface area contributed by atoms with E-state index < -0.39 is 10.0 Å². The molecule has 0 spiro atoms. The van der Waals surface area contributed by atoms with Crippen LogP contribution in [0.25, 0.3) is 0 Å². The number of nitrogens with one attached hydrogen (secondary N) is 1. The Morgan fingerprint density at radius 3 is 2.36 bits per heavy atom. The molecule has 2 aromatic rings. The molecule has 0 saturated carbocycles. The zero-order valence-electron chi connectivity index (χ0n) is 16.9. The molecule has 1 amide bonds. The summed E-state index contributed by atoms with van der Waals surface area (Å²) in [6.07, 6.45) is 0.818. The number of hydrogen-bond acceptors (Lipinski definition) is 4. The molecule has 0 aromatic heterocycles. The number of carbonyl (C=O) groups excluding carboxylic acids is 1. The highest BCUT2D eigenvalue weighted by molar-refractivity contribution is 7.89. The SMILES string of the molecule is CCc1ccccc1NC(=O)COc1ccc(S(=O)(=O)N(CC)CC)cc1C. The molecule has 28 heavy (non-hydrogen) atoms. The van der Waals surface area contributed by atoms with Gasteiger partial charge in [0.15, 0.2) is 6.61 Å². The Kier molecular flexibility index (Phi) is 7.60. The van der Waals surface area contributed by atoms with Crippen LogP contribution in [-0.4, -0.2) is 38.3 Å². The van der Waals surface area contributed by atoms with Crippen molar-refractivity contribution in [1.29, 1.82) is 0 Å². The number of benzene rings is 2. The Morgan fingerprint density at radius 1 is 1.07 bits per heavy atom. The van der Waals surface area contributed by atoms with Gasteiger partial charge in [0.1, 0.15) is 5.75 Å². The van der Waals surface area contributed by atoms with Gasteiger partial charge in [-0.05, 0) is 48.7 Å². The molecule has 0 bridgehead atoms. The van der Waals surface area contributed by atoms with Crippen LogP contribution in [0.5, 0.6) is 5.75 Å². The fourth-order valence-electron chi connectivity index (χ4n) is 2.94. The van der Waals surface area contributed by atoms with Crippen LogP contribution < -0.4 is 10.1 Å². The van der Waals surface area contributed by atoms with Gasteiger partial charge in [-0.2, -0.15) is 4.31 Å². The third-order valence-corrected chi connectivity index (χ3v) is 6.57. The van der Waals surface area contributed by atoms with Gasteiger partial charge in [0.25, 0.3) is 5.91 Å². The van der Waals surface area contributed by atoms with Crippen molar-refractivity contribution in [3.63, 3.8) is 0 Å². The van der Waals surface area contributed by atoms with Crippen LogP contribution in [0, 0.1) is 6.92 Å². The van der Waals surface area contributed by atoms with E-state index in [0.29, 0.717) is 24.4 Å². The number of anilines is 1. The molecule has 1 N–H and O–H groups in total. The molecule has 0 saturated heterocycles. The molecule has 0 heterocycles. The minimum absolute atomic E-state index is 0.152. The van der Waals surface area contributed by atoms with Gasteiger partial charge in [0, 0.05) is 18.8 Å². The first-order chi connectivity index (χ1) is 13.3. The summed E-state index contributed by atoms with van der Waals surface area (Å²) < 4.78 is 32.2. The maximum atomic E-state index is 12.6. The Hall–Kier alpha value is -2.38. The van der Waals surface area contributed by atoms with Gasteiger partial charge >= 0.3 is 0 Å². The van der Waals surface area contributed by atoms with E-state index in [2.05, 4.69) is 5.32 Å². The molecule has 0 aliphatic carbocycles. The highest BCUT2D eigenvalue weighted by atomic mass is 32.2. The topological polar surface area (TPSA) is 75.7 Å². The van der Waals surface area contributed by atoms with Gasteiger partial charge < -0.3 is 10.1 Å². The van der Waals surface area contributed by atoms with Crippen molar-refractivity contribution in [2.24, 2.45) is 0 Å². The number of ether oxygens (including phenoxy) is 1. The Bertz CT molecular complexity index is 922. The summed E-state index contributed by atoms with van der Waals surface area (Å²) in [7, 11) is -3.52. The lowest BCUT2D eigenvalue weighted by Gasteiger charge is -2.19. The van der Waals surface area contributed by atoms with E-state index in [1.54, 1.807) is 32.9 Å². The second kappa shape index (κ2) is 9.71. The molecule has 6 nitrogen and oxygen atoms in total. The van der Waals surface area contributed by atoms with Crippen LogP contribution in [-0.2, 0) is 21.2 Å². The van der Waals surface area contributed by atoms with Gasteiger partial charge in [0.05, 0.1) is 4.90 Å². The van der Waals surface area contributed by atoms with Crippen LogP contribution >= 0.6 is 0 Å². The molecule has 0 unspecified atom stereocenters. The van der Waals surface area contributed by atoms with Crippen LogP contribution in [0.2, 0.25) is 0 Å². The highest BCUT2D eigenvalue weighted by Crippen LogP contribution is 2.24. The number of rotatable bonds is 9. The summed E-state index contributed by atoms with van der Waals surface area (Å²) in [4.78, 5) is 12.4. The fourth-order valence-corrected chi connectivity index (χ4v) is 4.48. The summed E-state index contributed by atoms with van der Waals surface area (Å²) in [5.74, 6) is 0.220. The van der Waals surface area contributed by atoms with E-state index in [1.165, 1.54) is 10.4 Å². The van der Waals surface area contributed by atoms with Gasteiger partial charge in [-0.15, -0.1) is 0 Å². The van der Waals surface area contributed by atoms with Crippen molar-refractivity contribution in [3.05, 3.63) is 53.6 Å². The summed E-state index contributed by atoms with van der Waals surface area (Å²) >= 11 is 0. The molecule has 0 fully saturated rings. The minimum Gasteiger partial charge on any atom is -0.483 e. The van der Waals surface area contributed by atoms with Crippen LogP contribution in [0.15, 0.2) is 47.4 Å². The van der Waals surface area contributed by atoms with E-state index >= 15 is 0 Å². The lowest BCUT2D eigenvalue weighted by molar-refractivity contribution is -0.118. The van der Waals surface area contributed by atoms with Gasteiger partial charge in [0.2, 0.25) is 10.0 Å². The first-order valence-electron chi connectivity index (χ1n) is 9.44. The smallest absolute Gasteiger partial charge is 0.262 e. The normalized spacial score (nSPS) is 11.5. The highest BCUT2D eigenvalue weighted by Gasteiger charge is 2.22. The van der Waals surface area contributed by atoms with Crippen molar-refractivity contribution in [1.82, 2.24) is 4.31 Å². The number of amides is 1. The molecule has 0 radical (unpaired) electrons. The maximum Gasteiger partial charge on any atom is 0.262 e. The molecule has 2 rings (SSSR count). The second-order valence-corrected chi connectivity index (χ2v) is 8.30. The van der Waals surface area contributed by atoms with Crippen molar-refractivity contribution >= 4 is 21.6 Å². The van der Waals surface area contributed by atoms with Crippen LogP contribution in [0.4, 0.5) is 5.69 Å². The molecule has 7 heteroatoms. The zero-order chi connectivity index (χ0) is 20.7. The largest absolute Gasteiger partial charge is 0.483 e. The minimum atomic E-state index is -3.52. The predicted octanol–water partition coefficient (Wildman–Crippen LogP) is 3.61. The molecular formula is C21H28N2O4S.